The molecule has 1 unspecified atom stereocenters. The Bertz CT molecular complexity index is 1120. The predicted molar refractivity (Wildman–Crippen MR) is 127 cm³/mol. The summed E-state index contributed by atoms with van der Waals surface area (Å²) in [6.07, 6.45) is 0.635. The second-order valence-corrected chi connectivity index (χ2v) is 9.36. The van der Waals surface area contributed by atoms with E-state index in [0.717, 1.165) is 17.2 Å². The van der Waals surface area contributed by atoms with E-state index in [2.05, 4.69) is 11.4 Å². The smallest absolute Gasteiger partial charge is 0.126 e. The highest BCUT2D eigenvalue weighted by Crippen LogP contribution is 2.32. The first kappa shape index (κ1) is 24.9. The second-order valence-electron chi connectivity index (χ2n) is 8.92. The first-order valence-electron chi connectivity index (χ1n) is 10.8. The summed E-state index contributed by atoms with van der Waals surface area (Å²) in [6.45, 7) is 5.17. The van der Waals surface area contributed by atoms with Gasteiger partial charge in [0.05, 0.1) is 23.3 Å². The SMILES string of the molecule is C[C@H](NC(c1cc(F)cc(F)c1)C(C)(C)O)[C@@H](Cc1ccc(Cl)cc1)c1cccc(C#N)c1. The predicted octanol–water partition coefficient (Wildman–Crippen LogP) is 6.31. The highest BCUT2D eigenvalue weighted by atomic mass is 35.5. The zero-order chi connectivity index (χ0) is 24.2. The fourth-order valence-corrected chi connectivity index (χ4v) is 4.25. The molecule has 3 atom stereocenters. The van der Waals surface area contributed by atoms with Crippen LogP contribution in [0.4, 0.5) is 8.78 Å². The van der Waals surface area contributed by atoms with Crippen LogP contribution in [0.2, 0.25) is 5.02 Å². The third-order valence-corrected chi connectivity index (χ3v) is 6.02. The quantitative estimate of drug-likeness (QED) is 0.407. The minimum absolute atomic E-state index is 0.0947. The van der Waals surface area contributed by atoms with Crippen molar-refractivity contribution in [2.75, 3.05) is 0 Å². The maximum atomic E-state index is 14.0. The zero-order valence-corrected chi connectivity index (χ0v) is 19.6. The summed E-state index contributed by atoms with van der Waals surface area (Å²) in [5, 5.41) is 24.3. The molecule has 33 heavy (non-hydrogen) atoms. The Labute approximate surface area is 198 Å². The summed E-state index contributed by atoms with van der Waals surface area (Å²) in [5.41, 5.74) is 1.57. The molecule has 0 heterocycles. The first-order chi connectivity index (χ1) is 15.6. The molecule has 0 fully saturated rings. The largest absolute Gasteiger partial charge is 0.388 e. The van der Waals surface area contributed by atoms with Crippen LogP contribution in [0.1, 0.15) is 55.0 Å². The summed E-state index contributed by atoms with van der Waals surface area (Å²) < 4.78 is 27.9. The Hall–Kier alpha value is -2.78. The van der Waals surface area contributed by atoms with E-state index in [1.165, 1.54) is 12.1 Å². The molecule has 3 rings (SSSR count). The number of halogens is 3. The molecule has 0 aliphatic rings. The molecule has 0 amide bonds. The van der Waals surface area contributed by atoms with Gasteiger partial charge in [-0.2, -0.15) is 5.26 Å². The molecule has 0 aliphatic carbocycles. The van der Waals surface area contributed by atoms with E-state index < -0.39 is 23.3 Å². The van der Waals surface area contributed by atoms with Crippen LogP contribution in [-0.2, 0) is 6.42 Å². The fourth-order valence-electron chi connectivity index (χ4n) is 4.13. The summed E-state index contributed by atoms with van der Waals surface area (Å²) in [7, 11) is 0. The lowest BCUT2D eigenvalue weighted by Crippen LogP contribution is -2.45. The summed E-state index contributed by atoms with van der Waals surface area (Å²) in [5.74, 6) is -1.50. The maximum Gasteiger partial charge on any atom is 0.126 e. The summed E-state index contributed by atoms with van der Waals surface area (Å²) in [4.78, 5) is 0. The number of hydrogen-bond acceptors (Lipinski definition) is 3. The third kappa shape index (κ3) is 6.61. The number of nitriles is 1. The van der Waals surface area contributed by atoms with Crippen LogP contribution in [0.3, 0.4) is 0 Å². The molecule has 6 heteroatoms. The van der Waals surface area contributed by atoms with Gasteiger partial charge in [0.15, 0.2) is 0 Å². The molecule has 3 aromatic carbocycles. The Morgan fingerprint density at radius 1 is 1.00 bits per heavy atom. The topological polar surface area (TPSA) is 56.0 Å². The molecule has 2 N–H and O–H groups in total. The Kier molecular flexibility index (Phi) is 7.86. The number of benzene rings is 3. The number of aliphatic hydroxyl groups is 1. The van der Waals surface area contributed by atoms with Gasteiger partial charge in [0, 0.05) is 23.0 Å². The number of rotatable bonds is 8. The molecule has 3 aromatic rings. The first-order valence-corrected chi connectivity index (χ1v) is 11.1. The van der Waals surface area contributed by atoms with Crippen molar-refractivity contribution in [3.8, 4) is 6.07 Å². The van der Waals surface area contributed by atoms with Crippen molar-refractivity contribution in [2.24, 2.45) is 0 Å². The van der Waals surface area contributed by atoms with Crippen molar-refractivity contribution < 1.29 is 13.9 Å². The van der Waals surface area contributed by atoms with Crippen LogP contribution >= 0.6 is 11.6 Å². The third-order valence-electron chi connectivity index (χ3n) is 5.77. The molecular weight excluding hydrogens is 442 g/mol. The molecule has 3 nitrogen and oxygen atoms in total. The molecule has 0 saturated heterocycles. The Balaban J connectivity index is 1.98. The maximum absolute atomic E-state index is 14.0. The lowest BCUT2D eigenvalue weighted by atomic mass is 9.83. The Morgan fingerprint density at radius 3 is 2.21 bits per heavy atom. The molecule has 0 spiro atoms. The molecule has 0 aliphatic heterocycles. The van der Waals surface area contributed by atoms with E-state index in [4.69, 9.17) is 11.6 Å². The van der Waals surface area contributed by atoms with E-state index in [1.807, 2.05) is 49.4 Å². The summed E-state index contributed by atoms with van der Waals surface area (Å²) in [6, 6.07) is 19.4. The van der Waals surface area contributed by atoms with Gasteiger partial charge >= 0.3 is 0 Å². The second kappa shape index (κ2) is 10.4. The van der Waals surface area contributed by atoms with Gasteiger partial charge < -0.3 is 10.4 Å². The molecule has 0 radical (unpaired) electrons. The minimum Gasteiger partial charge on any atom is -0.388 e. The van der Waals surface area contributed by atoms with Crippen LogP contribution in [0.25, 0.3) is 0 Å². The summed E-state index contributed by atoms with van der Waals surface area (Å²) >= 11 is 6.04. The molecule has 0 saturated carbocycles. The number of nitrogens with one attached hydrogen (secondary N) is 1. The van der Waals surface area contributed by atoms with Crippen molar-refractivity contribution in [3.63, 3.8) is 0 Å². The molecule has 0 aromatic heterocycles. The van der Waals surface area contributed by atoms with Gasteiger partial charge in [-0.15, -0.1) is 0 Å². The van der Waals surface area contributed by atoms with Crippen LogP contribution in [0.15, 0.2) is 66.7 Å². The van der Waals surface area contributed by atoms with Crippen LogP contribution < -0.4 is 5.32 Å². The number of nitrogens with zero attached hydrogens (tertiary/aromatic N) is 1. The molecule has 0 bridgehead atoms. The Morgan fingerprint density at radius 2 is 1.64 bits per heavy atom. The van der Waals surface area contributed by atoms with Gasteiger partial charge in [0.1, 0.15) is 11.6 Å². The average molecular weight is 469 g/mol. The van der Waals surface area contributed by atoms with Gasteiger partial charge in [-0.05, 0) is 80.3 Å². The van der Waals surface area contributed by atoms with E-state index in [0.29, 0.717) is 22.6 Å². The minimum atomic E-state index is -1.30. The van der Waals surface area contributed by atoms with Gasteiger partial charge in [-0.3, -0.25) is 0 Å². The van der Waals surface area contributed by atoms with Crippen LogP contribution in [0, 0.1) is 23.0 Å². The van der Waals surface area contributed by atoms with Crippen molar-refractivity contribution in [1.29, 1.82) is 5.26 Å². The van der Waals surface area contributed by atoms with Crippen molar-refractivity contribution in [1.82, 2.24) is 5.32 Å². The van der Waals surface area contributed by atoms with Crippen LogP contribution in [-0.4, -0.2) is 16.7 Å². The monoisotopic (exact) mass is 468 g/mol. The number of hydrogen-bond donors (Lipinski definition) is 2. The highest BCUT2D eigenvalue weighted by Gasteiger charge is 2.32. The van der Waals surface area contributed by atoms with E-state index in [1.54, 1.807) is 19.9 Å². The molecule has 172 valence electrons. The van der Waals surface area contributed by atoms with Gasteiger partial charge in [0.25, 0.3) is 0 Å². The fraction of sp³-hybridized carbons (Fsp3) is 0.296. The van der Waals surface area contributed by atoms with Crippen molar-refractivity contribution in [2.45, 2.75) is 50.8 Å². The molecular formula is C27H27ClF2N2O. The van der Waals surface area contributed by atoms with Crippen LogP contribution in [0.5, 0.6) is 0 Å². The average Bonchev–Trinajstić information content (AvgIpc) is 2.75. The van der Waals surface area contributed by atoms with Gasteiger partial charge in [-0.25, -0.2) is 8.78 Å². The lowest BCUT2D eigenvalue weighted by Gasteiger charge is -2.36. The lowest BCUT2D eigenvalue weighted by molar-refractivity contribution is 0.0314. The van der Waals surface area contributed by atoms with Crippen molar-refractivity contribution in [3.05, 3.63) is 106 Å². The van der Waals surface area contributed by atoms with E-state index in [9.17, 15) is 19.1 Å². The van der Waals surface area contributed by atoms with E-state index in [-0.39, 0.29) is 12.0 Å². The van der Waals surface area contributed by atoms with Crippen molar-refractivity contribution >= 4 is 11.6 Å². The highest BCUT2D eigenvalue weighted by molar-refractivity contribution is 6.30. The zero-order valence-electron chi connectivity index (χ0n) is 18.8. The normalized spacial score (nSPS) is 14.4. The van der Waals surface area contributed by atoms with E-state index >= 15 is 0 Å². The van der Waals surface area contributed by atoms with Gasteiger partial charge in [-0.1, -0.05) is 35.9 Å². The standard InChI is InChI=1S/C27H27ClF2N2O/c1-17(32-26(27(2,3)33)21-13-23(29)15-24(30)14-21)25(12-18-7-9-22(28)10-8-18)20-6-4-5-19(11-20)16-31/h4-11,13-15,17,25-26,32-33H,12H2,1-3H3/t17-,25+,26?/m0/s1. The van der Waals surface area contributed by atoms with Gasteiger partial charge in [0.2, 0.25) is 0 Å².